The van der Waals surface area contributed by atoms with Crippen molar-refractivity contribution in [3.63, 3.8) is 0 Å². The lowest BCUT2D eigenvalue weighted by Crippen LogP contribution is -2.32. The predicted octanol–water partition coefficient (Wildman–Crippen LogP) is 6.25. The van der Waals surface area contributed by atoms with Gasteiger partial charge in [0.1, 0.15) is 11.3 Å². The lowest BCUT2D eigenvalue weighted by Gasteiger charge is -2.31. The molecule has 6 nitrogen and oxygen atoms in total. The summed E-state index contributed by atoms with van der Waals surface area (Å²) in [7, 11) is 0. The first-order valence-corrected chi connectivity index (χ1v) is 12.4. The van der Waals surface area contributed by atoms with E-state index in [1.54, 1.807) is 18.2 Å². The zero-order valence-corrected chi connectivity index (χ0v) is 19.9. The molecule has 0 spiro atoms. The van der Waals surface area contributed by atoms with E-state index in [9.17, 15) is 26.3 Å². The van der Waals surface area contributed by atoms with E-state index in [1.807, 2.05) is 0 Å². The van der Waals surface area contributed by atoms with Crippen LogP contribution in [0.3, 0.4) is 0 Å². The standard InChI is InChI=1S/C25H27F6N5O/c26-24(27,28)18-3-5-19(6-4-18)37-21-8-2-17-13-15(1-7-20(17)22(21)25(29,30)31)14-36-11-9-16(10-12-36)23-32-34-35-33-23/h1-2,7-8,13,16,18-19H,3-6,9-12,14H2,(H,32,33,34,35). The Morgan fingerprint density at radius 2 is 1.65 bits per heavy atom. The number of alkyl halides is 6. The number of aromatic amines is 1. The molecule has 1 aromatic heterocycles. The first kappa shape index (κ1) is 25.7. The predicted molar refractivity (Wildman–Crippen MR) is 123 cm³/mol. The Morgan fingerprint density at radius 1 is 0.919 bits per heavy atom. The molecule has 0 bridgehead atoms. The van der Waals surface area contributed by atoms with Gasteiger partial charge in [0.2, 0.25) is 0 Å². The Morgan fingerprint density at radius 3 is 2.27 bits per heavy atom. The minimum absolute atomic E-state index is 0.0218. The second kappa shape index (κ2) is 10.1. The van der Waals surface area contributed by atoms with Crippen LogP contribution in [0.5, 0.6) is 5.75 Å². The van der Waals surface area contributed by atoms with Gasteiger partial charge in [0.25, 0.3) is 0 Å². The van der Waals surface area contributed by atoms with E-state index >= 15 is 0 Å². The summed E-state index contributed by atoms with van der Waals surface area (Å²) in [6.45, 7) is 2.24. The number of benzene rings is 2. The van der Waals surface area contributed by atoms with E-state index in [4.69, 9.17) is 4.74 Å². The average molecular weight is 528 g/mol. The van der Waals surface area contributed by atoms with Crippen LogP contribution < -0.4 is 4.74 Å². The van der Waals surface area contributed by atoms with Crippen LogP contribution in [-0.2, 0) is 12.7 Å². The number of rotatable bonds is 5. The number of piperidine rings is 1. The number of aromatic nitrogens is 4. The zero-order chi connectivity index (χ0) is 26.2. The zero-order valence-electron chi connectivity index (χ0n) is 19.9. The molecule has 0 radical (unpaired) electrons. The summed E-state index contributed by atoms with van der Waals surface area (Å²) in [4.78, 5) is 2.25. The summed E-state index contributed by atoms with van der Waals surface area (Å²) in [5.41, 5.74) is 0.0215. The van der Waals surface area contributed by atoms with Gasteiger partial charge in [0, 0.05) is 12.5 Å². The highest BCUT2D eigenvalue weighted by atomic mass is 19.4. The third kappa shape index (κ3) is 5.83. The van der Waals surface area contributed by atoms with Crippen molar-refractivity contribution in [3.05, 3.63) is 47.3 Å². The van der Waals surface area contributed by atoms with Gasteiger partial charge < -0.3 is 4.74 Å². The minimum atomic E-state index is -4.67. The van der Waals surface area contributed by atoms with Gasteiger partial charge in [0.15, 0.2) is 5.82 Å². The Balaban J connectivity index is 1.29. The molecule has 1 saturated carbocycles. The molecule has 0 atom stereocenters. The molecule has 2 aromatic carbocycles. The summed E-state index contributed by atoms with van der Waals surface area (Å²) in [5.74, 6) is -0.805. The SMILES string of the molecule is FC(F)(F)c1c(OC2CCC(C(F)(F)F)CC2)ccc2cc(CN3CCC(c4nn[nH]n4)CC3)ccc12. The van der Waals surface area contributed by atoms with Gasteiger partial charge in [-0.2, -0.15) is 31.6 Å². The van der Waals surface area contributed by atoms with Crippen LogP contribution >= 0.6 is 0 Å². The largest absolute Gasteiger partial charge is 0.490 e. The van der Waals surface area contributed by atoms with Crippen molar-refractivity contribution in [1.82, 2.24) is 25.5 Å². The van der Waals surface area contributed by atoms with E-state index in [0.717, 1.165) is 31.5 Å². The summed E-state index contributed by atoms with van der Waals surface area (Å²) in [6.07, 6.45) is -8.02. The number of likely N-dealkylation sites (tertiary alicyclic amines) is 1. The molecule has 1 aliphatic heterocycles. The van der Waals surface area contributed by atoms with Crippen LogP contribution in [-0.4, -0.2) is 50.9 Å². The summed E-state index contributed by atoms with van der Waals surface area (Å²) >= 11 is 0. The average Bonchev–Trinajstić information content (AvgIpc) is 3.38. The molecule has 2 fully saturated rings. The molecule has 2 aliphatic rings. The van der Waals surface area contributed by atoms with E-state index in [-0.39, 0.29) is 42.7 Å². The first-order valence-electron chi connectivity index (χ1n) is 12.4. The molecule has 0 amide bonds. The molecule has 1 aliphatic carbocycles. The molecule has 0 unspecified atom stereocenters. The van der Waals surface area contributed by atoms with Crippen molar-refractivity contribution in [2.45, 2.75) is 69.4 Å². The third-order valence-corrected chi connectivity index (χ3v) is 7.48. The lowest BCUT2D eigenvalue weighted by molar-refractivity contribution is -0.185. The number of nitrogens with zero attached hydrogens (tertiary/aromatic N) is 4. The van der Waals surface area contributed by atoms with Gasteiger partial charge in [-0.25, -0.2) is 0 Å². The lowest BCUT2D eigenvalue weighted by atomic mass is 9.87. The first-order chi connectivity index (χ1) is 17.6. The van der Waals surface area contributed by atoms with Gasteiger partial charge >= 0.3 is 12.4 Å². The Labute approximate surface area is 209 Å². The molecule has 3 aromatic rings. The Kier molecular flexibility index (Phi) is 7.03. The number of hydrogen-bond acceptors (Lipinski definition) is 5. The molecular weight excluding hydrogens is 500 g/mol. The number of nitrogens with one attached hydrogen (secondary N) is 1. The number of halogens is 6. The molecule has 200 valence electrons. The van der Waals surface area contributed by atoms with Crippen LogP contribution in [0, 0.1) is 5.92 Å². The topological polar surface area (TPSA) is 66.9 Å². The normalized spacial score (nSPS) is 22.4. The second-order valence-corrected chi connectivity index (χ2v) is 9.95. The van der Waals surface area contributed by atoms with Crippen molar-refractivity contribution in [1.29, 1.82) is 0 Å². The van der Waals surface area contributed by atoms with E-state index in [1.165, 1.54) is 12.1 Å². The summed E-state index contributed by atoms with van der Waals surface area (Å²) in [5, 5.41) is 14.7. The molecule has 12 heteroatoms. The van der Waals surface area contributed by atoms with Crippen LogP contribution in [0.1, 0.15) is 61.4 Å². The highest BCUT2D eigenvalue weighted by Gasteiger charge is 2.42. The van der Waals surface area contributed by atoms with Gasteiger partial charge in [-0.3, -0.25) is 4.90 Å². The van der Waals surface area contributed by atoms with Gasteiger partial charge in [-0.15, -0.1) is 10.2 Å². The van der Waals surface area contributed by atoms with Crippen LogP contribution in [0.15, 0.2) is 30.3 Å². The fourth-order valence-corrected chi connectivity index (χ4v) is 5.49. The van der Waals surface area contributed by atoms with Gasteiger partial charge in [0.05, 0.1) is 12.0 Å². The van der Waals surface area contributed by atoms with Gasteiger partial charge in [-0.05, 0) is 80.1 Å². The Bertz CT molecular complexity index is 1200. The van der Waals surface area contributed by atoms with E-state index in [0.29, 0.717) is 17.8 Å². The van der Waals surface area contributed by atoms with Crippen LogP contribution in [0.4, 0.5) is 26.3 Å². The molecule has 2 heterocycles. The number of fused-ring (bicyclic) bond motifs is 1. The molecule has 37 heavy (non-hydrogen) atoms. The fourth-order valence-electron chi connectivity index (χ4n) is 5.49. The maximum Gasteiger partial charge on any atom is 0.420 e. The monoisotopic (exact) mass is 527 g/mol. The van der Waals surface area contributed by atoms with E-state index in [2.05, 4.69) is 25.5 Å². The maximum absolute atomic E-state index is 14.1. The number of H-pyrrole nitrogens is 1. The highest BCUT2D eigenvalue weighted by molar-refractivity contribution is 5.89. The number of ether oxygens (including phenoxy) is 1. The summed E-state index contributed by atoms with van der Waals surface area (Å²) in [6, 6.07) is 7.80. The van der Waals surface area contributed by atoms with Crippen molar-refractivity contribution < 1.29 is 31.1 Å². The highest BCUT2D eigenvalue weighted by Crippen LogP contribution is 2.44. The van der Waals surface area contributed by atoms with Crippen molar-refractivity contribution >= 4 is 10.8 Å². The fraction of sp³-hybridized carbons (Fsp3) is 0.560. The second-order valence-electron chi connectivity index (χ2n) is 9.95. The van der Waals surface area contributed by atoms with Crippen LogP contribution in [0.2, 0.25) is 0 Å². The van der Waals surface area contributed by atoms with Crippen LogP contribution in [0.25, 0.3) is 10.8 Å². The molecule has 1 N–H and O–H groups in total. The maximum atomic E-state index is 14.1. The van der Waals surface area contributed by atoms with E-state index < -0.39 is 29.9 Å². The Hall–Kier alpha value is -2.89. The smallest absolute Gasteiger partial charge is 0.420 e. The molecular formula is C25H27F6N5O. The molecule has 1 saturated heterocycles. The minimum Gasteiger partial charge on any atom is -0.490 e. The third-order valence-electron chi connectivity index (χ3n) is 7.48. The van der Waals surface area contributed by atoms with Crippen molar-refractivity contribution in [3.8, 4) is 5.75 Å². The van der Waals surface area contributed by atoms with Crippen molar-refractivity contribution in [2.75, 3.05) is 13.1 Å². The van der Waals surface area contributed by atoms with Gasteiger partial charge in [-0.1, -0.05) is 23.4 Å². The summed E-state index contributed by atoms with van der Waals surface area (Å²) < 4.78 is 86.9. The number of tetrazole rings is 1. The number of hydrogen-bond donors (Lipinski definition) is 1. The van der Waals surface area contributed by atoms with Crippen molar-refractivity contribution in [2.24, 2.45) is 5.92 Å². The molecule has 5 rings (SSSR count). The quantitative estimate of drug-likeness (QED) is 0.398.